The summed E-state index contributed by atoms with van der Waals surface area (Å²) in [5.41, 5.74) is 2.17. The largest absolute Gasteiger partial charge is 0.241 e. The number of nitrogens with zero attached hydrogens (tertiary/aromatic N) is 2. The van der Waals surface area contributed by atoms with Gasteiger partial charge in [-0.05, 0) is 11.6 Å². The number of hydrogen-bond donors (Lipinski definition) is 0. The molecule has 0 radical (unpaired) electrons. The zero-order valence-electron chi connectivity index (χ0n) is 8.39. The first-order chi connectivity index (χ1) is 7.27. The van der Waals surface area contributed by atoms with Gasteiger partial charge in [0.2, 0.25) is 0 Å². The minimum atomic E-state index is 0.242. The van der Waals surface area contributed by atoms with Crippen LogP contribution in [0.4, 0.5) is 0 Å². The Kier molecular flexibility index (Phi) is 2.97. The Bertz CT molecular complexity index is 442. The zero-order chi connectivity index (χ0) is 10.7. The van der Waals surface area contributed by atoms with Crippen LogP contribution in [0, 0.1) is 0 Å². The summed E-state index contributed by atoms with van der Waals surface area (Å²) in [7, 11) is 0. The summed E-state index contributed by atoms with van der Waals surface area (Å²) in [5.74, 6) is 0.242. The van der Waals surface area contributed by atoms with Gasteiger partial charge in [-0.3, -0.25) is 0 Å². The molecular formula is C12H11ClN2. The topological polar surface area (TPSA) is 25.8 Å². The second-order valence-corrected chi connectivity index (χ2v) is 3.79. The molecule has 2 aromatic rings. The van der Waals surface area contributed by atoms with Crippen LogP contribution >= 0.6 is 11.6 Å². The van der Waals surface area contributed by atoms with Gasteiger partial charge in [-0.1, -0.05) is 48.9 Å². The van der Waals surface area contributed by atoms with Crippen LogP contribution in [-0.4, -0.2) is 9.97 Å². The van der Waals surface area contributed by atoms with E-state index in [1.807, 2.05) is 18.2 Å². The number of rotatable bonds is 2. The van der Waals surface area contributed by atoms with Crippen LogP contribution in [0.15, 0.2) is 42.7 Å². The van der Waals surface area contributed by atoms with Gasteiger partial charge in [0.25, 0.3) is 0 Å². The lowest BCUT2D eigenvalue weighted by molar-refractivity contribution is 0.859. The fourth-order valence-electron chi connectivity index (χ4n) is 1.50. The van der Waals surface area contributed by atoms with Crippen LogP contribution in [0.3, 0.4) is 0 Å². The van der Waals surface area contributed by atoms with E-state index in [0.29, 0.717) is 5.15 Å². The summed E-state index contributed by atoms with van der Waals surface area (Å²) < 4.78 is 0. The Morgan fingerprint density at radius 2 is 1.87 bits per heavy atom. The van der Waals surface area contributed by atoms with Gasteiger partial charge in [-0.15, -0.1) is 0 Å². The molecule has 2 rings (SSSR count). The van der Waals surface area contributed by atoms with E-state index in [1.165, 1.54) is 11.9 Å². The average Bonchev–Trinajstić information content (AvgIpc) is 2.29. The quantitative estimate of drug-likeness (QED) is 0.723. The van der Waals surface area contributed by atoms with Crippen LogP contribution in [0.25, 0.3) is 0 Å². The van der Waals surface area contributed by atoms with Crippen molar-refractivity contribution in [1.82, 2.24) is 9.97 Å². The van der Waals surface area contributed by atoms with Crippen molar-refractivity contribution in [2.45, 2.75) is 12.8 Å². The molecule has 0 aliphatic carbocycles. The smallest absolute Gasteiger partial charge is 0.132 e. The van der Waals surface area contributed by atoms with Crippen LogP contribution in [-0.2, 0) is 0 Å². The van der Waals surface area contributed by atoms with Crippen LogP contribution < -0.4 is 0 Å². The van der Waals surface area contributed by atoms with Crippen molar-refractivity contribution < 1.29 is 0 Å². The molecule has 0 saturated heterocycles. The summed E-state index contributed by atoms with van der Waals surface area (Å²) in [5, 5.41) is 0.489. The molecule has 1 unspecified atom stereocenters. The van der Waals surface area contributed by atoms with Crippen molar-refractivity contribution in [3.8, 4) is 0 Å². The maximum atomic E-state index is 5.83. The molecule has 0 saturated carbocycles. The Balaban J connectivity index is 2.32. The predicted octanol–water partition coefficient (Wildman–Crippen LogP) is 3.28. The third-order valence-corrected chi connectivity index (χ3v) is 2.60. The van der Waals surface area contributed by atoms with E-state index in [9.17, 15) is 0 Å². The van der Waals surface area contributed by atoms with Gasteiger partial charge in [0, 0.05) is 5.92 Å². The predicted molar refractivity (Wildman–Crippen MR) is 61.0 cm³/mol. The van der Waals surface area contributed by atoms with Crippen molar-refractivity contribution in [1.29, 1.82) is 0 Å². The lowest BCUT2D eigenvalue weighted by Gasteiger charge is -2.10. The van der Waals surface area contributed by atoms with Gasteiger partial charge in [0.15, 0.2) is 0 Å². The SMILES string of the molecule is CC(c1ccccc1)c1cc(Cl)ncn1. The first-order valence-electron chi connectivity index (χ1n) is 4.80. The molecule has 0 bridgehead atoms. The van der Waals surface area contributed by atoms with Crippen LogP contribution in [0.1, 0.15) is 24.1 Å². The van der Waals surface area contributed by atoms with Gasteiger partial charge in [-0.2, -0.15) is 0 Å². The standard InChI is InChI=1S/C12H11ClN2/c1-9(10-5-3-2-4-6-10)11-7-12(13)15-8-14-11/h2-9H,1H3. The highest BCUT2D eigenvalue weighted by atomic mass is 35.5. The highest BCUT2D eigenvalue weighted by molar-refractivity contribution is 6.29. The Morgan fingerprint density at radius 3 is 2.53 bits per heavy atom. The van der Waals surface area contributed by atoms with Crippen molar-refractivity contribution in [2.24, 2.45) is 0 Å². The zero-order valence-corrected chi connectivity index (χ0v) is 9.15. The molecule has 1 heterocycles. The molecule has 1 aromatic carbocycles. The highest BCUT2D eigenvalue weighted by Gasteiger charge is 2.09. The van der Waals surface area contributed by atoms with Gasteiger partial charge in [-0.25, -0.2) is 9.97 Å². The molecule has 1 atom stereocenters. The van der Waals surface area contributed by atoms with Gasteiger partial charge >= 0.3 is 0 Å². The number of benzene rings is 1. The third kappa shape index (κ3) is 2.34. The summed E-state index contributed by atoms with van der Waals surface area (Å²) in [6.07, 6.45) is 1.50. The van der Waals surface area contributed by atoms with E-state index < -0.39 is 0 Å². The number of hydrogen-bond acceptors (Lipinski definition) is 2. The number of aromatic nitrogens is 2. The molecule has 0 fully saturated rings. The molecule has 0 N–H and O–H groups in total. The summed E-state index contributed by atoms with van der Waals surface area (Å²) in [4.78, 5) is 8.09. The van der Waals surface area contributed by atoms with E-state index in [2.05, 4.69) is 29.0 Å². The third-order valence-electron chi connectivity index (χ3n) is 2.40. The van der Waals surface area contributed by atoms with Crippen LogP contribution in [0.5, 0.6) is 0 Å². The van der Waals surface area contributed by atoms with Crippen molar-refractivity contribution in [2.75, 3.05) is 0 Å². The summed E-state index contributed by atoms with van der Waals surface area (Å²) in [6.45, 7) is 2.11. The highest BCUT2D eigenvalue weighted by Crippen LogP contribution is 2.22. The molecule has 0 amide bonds. The molecular weight excluding hydrogens is 208 g/mol. The van der Waals surface area contributed by atoms with E-state index in [0.717, 1.165) is 5.69 Å². The summed E-state index contributed by atoms with van der Waals surface area (Å²) >= 11 is 5.83. The van der Waals surface area contributed by atoms with Gasteiger partial charge in [0.05, 0.1) is 5.69 Å². The first-order valence-corrected chi connectivity index (χ1v) is 5.17. The van der Waals surface area contributed by atoms with Gasteiger partial charge in [0.1, 0.15) is 11.5 Å². The van der Waals surface area contributed by atoms with Gasteiger partial charge < -0.3 is 0 Å². The molecule has 76 valence electrons. The fraction of sp³-hybridized carbons (Fsp3) is 0.167. The van der Waals surface area contributed by atoms with E-state index >= 15 is 0 Å². The second-order valence-electron chi connectivity index (χ2n) is 3.40. The number of halogens is 1. The van der Waals surface area contributed by atoms with Crippen molar-refractivity contribution in [3.05, 3.63) is 59.1 Å². The minimum Gasteiger partial charge on any atom is -0.241 e. The van der Waals surface area contributed by atoms with Crippen molar-refractivity contribution in [3.63, 3.8) is 0 Å². The molecule has 2 nitrogen and oxygen atoms in total. The minimum absolute atomic E-state index is 0.242. The monoisotopic (exact) mass is 218 g/mol. The molecule has 1 aromatic heterocycles. The molecule has 0 aliphatic rings. The molecule has 3 heteroatoms. The fourth-order valence-corrected chi connectivity index (χ4v) is 1.65. The summed E-state index contributed by atoms with van der Waals surface area (Å²) in [6, 6.07) is 12.0. The van der Waals surface area contributed by atoms with Crippen molar-refractivity contribution >= 4 is 11.6 Å². The van der Waals surface area contributed by atoms with E-state index in [-0.39, 0.29) is 5.92 Å². The maximum Gasteiger partial charge on any atom is 0.132 e. The lowest BCUT2D eigenvalue weighted by Crippen LogP contribution is -1.99. The lowest BCUT2D eigenvalue weighted by atomic mass is 9.98. The average molecular weight is 219 g/mol. The van der Waals surface area contributed by atoms with E-state index in [4.69, 9.17) is 11.6 Å². The molecule has 0 aliphatic heterocycles. The molecule has 15 heavy (non-hydrogen) atoms. The Labute approximate surface area is 94.0 Å². The maximum absolute atomic E-state index is 5.83. The normalized spacial score (nSPS) is 12.4. The Morgan fingerprint density at radius 1 is 1.13 bits per heavy atom. The first kappa shape index (κ1) is 10.1. The van der Waals surface area contributed by atoms with E-state index in [1.54, 1.807) is 6.07 Å². The molecule has 0 spiro atoms. The Hall–Kier alpha value is -1.41. The second kappa shape index (κ2) is 4.41. The van der Waals surface area contributed by atoms with Crippen LogP contribution in [0.2, 0.25) is 5.15 Å².